The van der Waals surface area contributed by atoms with Gasteiger partial charge < -0.3 is 5.73 Å². The Morgan fingerprint density at radius 1 is 0.900 bits per heavy atom. The molecule has 1 heteroatoms. The van der Waals surface area contributed by atoms with Crippen molar-refractivity contribution in [1.29, 1.82) is 0 Å². The van der Waals surface area contributed by atoms with Crippen LogP contribution >= 0.6 is 0 Å². The monoisotopic (exact) mass is 275 g/mol. The highest BCUT2D eigenvalue weighted by Gasteiger charge is 2.10. The SMILES string of the molecule is CCCCCCCCC(N)c1cc(CC)ccc1CC. The highest BCUT2D eigenvalue weighted by molar-refractivity contribution is 5.34. The number of rotatable bonds is 10. The van der Waals surface area contributed by atoms with E-state index in [1.807, 2.05) is 0 Å². The fourth-order valence-electron chi connectivity index (χ4n) is 2.83. The van der Waals surface area contributed by atoms with Crippen molar-refractivity contribution in [1.82, 2.24) is 0 Å². The fourth-order valence-corrected chi connectivity index (χ4v) is 2.83. The van der Waals surface area contributed by atoms with Gasteiger partial charge in [-0.2, -0.15) is 0 Å². The molecule has 0 amide bonds. The van der Waals surface area contributed by atoms with Crippen molar-refractivity contribution >= 4 is 0 Å². The van der Waals surface area contributed by atoms with Crippen molar-refractivity contribution in [2.45, 2.75) is 84.6 Å². The van der Waals surface area contributed by atoms with E-state index in [2.05, 4.69) is 39.0 Å². The number of hydrogen-bond acceptors (Lipinski definition) is 1. The highest BCUT2D eigenvalue weighted by atomic mass is 14.6. The van der Waals surface area contributed by atoms with Crippen molar-refractivity contribution in [2.24, 2.45) is 5.73 Å². The molecule has 0 aliphatic heterocycles. The number of hydrogen-bond donors (Lipinski definition) is 1. The minimum atomic E-state index is 0.225. The van der Waals surface area contributed by atoms with E-state index in [4.69, 9.17) is 5.73 Å². The molecule has 0 aliphatic carbocycles. The molecule has 0 spiro atoms. The fraction of sp³-hybridized carbons (Fsp3) is 0.684. The Bertz CT molecular complexity index is 370. The van der Waals surface area contributed by atoms with E-state index in [1.165, 1.54) is 55.2 Å². The van der Waals surface area contributed by atoms with Crippen LogP contribution in [0.1, 0.15) is 88.4 Å². The Morgan fingerprint density at radius 2 is 1.60 bits per heavy atom. The van der Waals surface area contributed by atoms with Crippen LogP contribution in [0.15, 0.2) is 18.2 Å². The van der Waals surface area contributed by atoms with Gasteiger partial charge in [0.05, 0.1) is 0 Å². The smallest absolute Gasteiger partial charge is 0.0297 e. The maximum Gasteiger partial charge on any atom is 0.0297 e. The lowest BCUT2D eigenvalue weighted by Gasteiger charge is -2.17. The summed E-state index contributed by atoms with van der Waals surface area (Å²) in [5.41, 5.74) is 10.7. The molecular weight excluding hydrogens is 242 g/mol. The summed E-state index contributed by atoms with van der Waals surface area (Å²) in [6, 6.07) is 7.08. The maximum atomic E-state index is 6.44. The standard InChI is InChI=1S/C19H33N/c1-4-7-8-9-10-11-12-19(20)18-15-16(5-2)13-14-17(18)6-3/h13-15,19H,4-12,20H2,1-3H3. The molecule has 0 radical (unpaired) electrons. The summed E-state index contributed by atoms with van der Waals surface area (Å²) in [6.07, 6.45) is 11.4. The lowest BCUT2D eigenvalue weighted by atomic mass is 9.92. The molecule has 1 nitrogen and oxygen atoms in total. The Hall–Kier alpha value is -0.820. The van der Waals surface area contributed by atoms with Gasteiger partial charge in [0, 0.05) is 6.04 Å². The van der Waals surface area contributed by atoms with Crippen LogP contribution in [0.2, 0.25) is 0 Å². The molecule has 0 saturated carbocycles. The highest BCUT2D eigenvalue weighted by Crippen LogP contribution is 2.24. The first-order valence-corrected chi connectivity index (χ1v) is 8.60. The molecule has 2 N–H and O–H groups in total. The molecule has 20 heavy (non-hydrogen) atoms. The van der Waals surface area contributed by atoms with Crippen LogP contribution in [0, 0.1) is 0 Å². The summed E-state index contributed by atoms with van der Waals surface area (Å²) in [6.45, 7) is 6.70. The number of unbranched alkanes of at least 4 members (excludes halogenated alkanes) is 5. The molecule has 1 unspecified atom stereocenters. The zero-order chi connectivity index (χ0) is 14.8. The van der Waals surface area contributed by atoms with Crippen molar-refractivity contribution < 1.29 is 0 Å². The van der Waals surface area contributed by atoms with Crippen LogP contribution in [-0.2, 0) is 12.8 Å². The molecule has 114 valence electrons. The summed E-state index contributed by atoms with van der Waals surface area (Å²) < 4.78 is 0. The molecule has 0 fully saturated rings. The third-order valence-corrected chi connectivity index (χ3v) is 4.27. The van der Waals surface area contributed by atoms with Crippen LogP contribution < -0.4 is 5.73 Å². The van der Waals surface area contributed by atoms with Gasteiger partial charge >= 0.3 is 0 Å². The zero-order valence-electron chi connectivity index (χ0n) is 13.8. The normalized spacial score (nSPS) is 12.6. The molecule has 1 atom stereocenters. The first kappa shape index (κ1) is 17.2. The van der Waals surface area contributed by atoms with E-state index in [1.54, 1.807) is 0 Å². The predicted molar refractivity (Wildman–Crippen MR) is 90.1 cm³/mol. The van der Waals surface area contributed by atoms with Crippen LogP contribution in [-0.4, -0.2) is 0 Å². The second-order valence-corrected chi connectivity index (χ2v) is 5.90. The summed E-state index contributed by atoms with van der Waals surface area (Å²) in [4.78, 5) is 0. The van der Waals surface area contributed by atoms with Gasteiger partial charge in [0.15, 0.2) is 0 Å². The molecule has 0 aliphatic rings. The van der Waals surface area contributed by atoms with Crippen LogP contribution in [0.25, 0.3) is 0 Å². The van der Waals surface area contributed by atoms with Gasteiger partial charge in [0.1, 0.15) is 0 Å². The van der Waals surface area contributed by atoms with E-state index < -0.39 is 0 Å². The van der Waals surface area contributed by atoms with E-state index in [0.717, 1.165) is 19.3 Å². The molecule has 1 aromatic carbocycles. The Balaban J connectivity index is 2.47. The Morgan fingerprint density at radius 3 is 2.25 bits per heavy atom. The lowest BCUT2D eigenvalue weighted by Crippen LogP contribution is -2.13. The quantitative estimate of drug-likeness (QED) is 0.556. The number of nitrogens with two attached hydrogens (primary N) is 1. The predicted octanol–water partition coefficient (Wildman–Crippen LogP) is 5.56. The summed E-state index contributed by atoms with van der Waals surface area (Å²) in [5.74, 6) is 0. The molecule has 0 heterocycles. The Labute approximate surface area is 126 Å². The summed E-state index contributed by atoms with van der Waals surface area (Å²) in [7, 11) is 0. The molecule has 1 rings (SSSR count). The maximum absolute atomic E-state index is 6.44. The molecule has 0 saturated heterocycles. The average molecular weight is 275 g/mol. The minimum absolute atomic E-state index is 0.225. The number of aryl methyl sites for hydroxylation is 2. The van der Waals surface area contributed by atoms with E-state index in [0.29, 0.717) is 0 Å². The van der Waals surface area contributed by atoms with Gasteiger partial charge in [0.25, 0.3) is 0 Å². The van der Waals surface area contributed by atoms with E-state index in [-0.39, 0.29) is 6.04 Å². The zero-order valence-corrected chi connectivity index (χ0v) is 13.8. The van der Waals surface area contributed by atoms with E-state index >= 15 is 0 Å². The minimum Gasteiger partial charge on any atom is -0.324 e. The van der Waals surface area contributed by atoms with Crippen LogP contribution in [0.3, 0.4) is 0 Å². The van der Waals surface area contributed by atoms with Gasteiger partial charge in [-0.05, 0) is 36.0 Å². The molecule has 0 bridgehead atoms. The molecule has 0 aromatic heterocycles. The van der Waals surface area contributed by atoms with Gasteiger partial charge in [-0.3, -0.25) is 0 Å². The van der Waals surface area contributed by atoms with Crippen molar-refractivity contribution in [2.75, 3.05) is 0 Å². The second-order valence-electron chi connectivity index (χ2n) is 5.90. The van der Waals surface area contributed by atoms with Gasteiger partial charge in [-0.15, -0.1) is 0 Å². The van der Waals surface area contributed by atoms with Crippen molar-refractivity contribution in [3.05, 3.63) is 34.9 Å². The average Bonchev–Trinajstić information content (AvgIpc) is 2.49. The van der Waals surface area contributed by atoms with Crippen molar-refractivity contribution in [3.63, 3.8) is 0 Å². The van der Waals surface area contributed by atoms with Gasteiger partial charge in [-0.1, -0.05) is 77.5 Å². The van der Waals surface area contributed by atoms with Crippen LogP contribution in [0.5, 0.6) is 0 Å². The van der Waals surface area contributed by atoms with Crippen molar-refractivity contribution in [3.8, 4) is 0 Å². The molecular formula is C19H33N. The third-order valence-electron chi connectivity index (χ3n) is 4.27. The number of benzene rings is 1. The van der Waals surface area contributed by atoms with Gasteiger partial charge in [-0.25, -0.2) is 0 Å². The van der Waals surface area contributed by atoms with Gasteiger partial charge in [0.2, 0.25) is 0 Å². The van der Waals surface area contributed by atoms with Crippen LogP contribution in [0.4, 0.5) is 0 Å². The van der Waals surface area contributed by atoms with E-state index in [9.17, 15) is 0 Å². The summed E-state index contributed by atoms with van der Waals surface area (Å²) >= 11 is 0. The third kappa shape index (κ3) is 5.66. The first-order valence-electron chi connectivity index (χ1n) is 8.60. The second kappa shape index (κ2) is 9.99. The summed E-state index contributed by atoms with van der Waals surface area (Å²) in [5, 5.41) is 0. The lowest BCUT2D eigenvalue weighted by molar-refractivity contribution is 0.545. The largest absolute Gasteiger partial charge is 0.324 e. The topological polar surface area (TPSA) is 26.0 Å². The Kier molecular flexibility index (Phi) is 8.60. The molecule has 1 aromatic rings. The first-order chi connectivity index (χ1) is 9.72.